The summed E-state index contributed by atoms with van der Waals surface area (Å²) in [6.07, 6.45) is 2.58. The van der Waals surface area contributed by atoms with E-state index in [4.69, 9.17) is 4.98 Å². The second kappa shape index (κ2) is 7.63. The molecule has 0 saturated carbocycles. The third-order valence-electron chi connectivity index (χ3n) is 5.40. The molecule has 3 heterocycles. The maximum Gasteiger partial charge on any atom is 0.274 e. The number of anilines is 1. The Hall–Kier alpha value is -3.51. The summed E-state index contributed by atoms with van der Waals surface area (Å²) < 4.78 is 3.06. The van der Waals surface area contributed by atoms with Gasteiger partial charge in [-0.2, -0.15) is 0 Å². The highest BCUT2D eigenvalue weighted by atomic mass is 32.1. The lowest BCUT2D eigenvalue weighted by molar-refractivity contribution is 0.102. The molecule has 0 spiro atoms. The minimum atomic E-state index is -0.154. The van der Waals surface area contributed by atoms with E-state index in [1.165, 1.54) is 10.3 Å². The number of imidazole rings is 1. The molecule has 0 aliphatic carbocycles. The van der Waals surface area contributed by atoms with Crippen LogP contribution in [0.15, 0.2) is 60.8 Å². The lowest BCUT2D eigenvalue weighted by Crippen LogP contribution is -2.16. The molecule has 1 amide bonds. The number of fused-ring (bicyclic) bond motifs is 2. The first-order chi connectivity index (χ1) is 15.0. The van der Waals surface area contributed by atoms with Gasteiger partial charge in [-0.05, 0) is 73.9 Å². The highest BCUT2D eigenvalue weighted by Crippen LogP contribution is 2.31. The molecule has 5 nitrogen and oxygen atoms in total. The van der Waals surface area contributed by atoms with Gasteiger partial charge in [0.05, 0.1) is 15.9 Å². The summed E-state index contributed by atoms with van der Waals surface area (Å²) in [4.78, 5) is 22.5. The molecule has 0 bridgehead atoms. The van der Waals surface area contributed by atoms with E-state index in [2.05, 4.69) is 35.4 Å². The number of carbonyl (C=O) groups is 1. The third kappa shape index (κ3) is 3.49. The molecule has 0 atom stereocenters. The summed E-state index contributed by atoms with van der Waals surface area (Å²) in [6.45, 7) is 6.11. The Morgan fingerprint density at radius 2 is 1.87 bits per heavy atom. The molecular weight excluding hydrogens is 404 g/mol. The molecule has 6 heteroatoms. The fourth-order valence-electron chi connectivity index (χ4n) is 3.78. The summed E-state index contributed by atoms with van der Waals surface area (Å²) in [5, 5.41) is 4.00. The van der Waals surface area contributed by atoms with E-state index in [0.717, 1.165) is 38.7 Å². The van der Waals surface area contributed by atoms with Gasteiger partial charge >= 0.3 is 0 Å². The average Bonchev–Trinajstić information content (AvgIpc) is 3.36. The number of hydrogen-bond acceptors (Lipinski definition) is 4. The first-order valence-electron chi connectivity index (χ1n) is 10.3. The van der Waals surface area contributed by atoms with Crippen molar-refractivity contribution in [1.82, 2.24) is 14.4 Å². The van der Waals surface area contributed by atoms with Crippen molar-refractivity contribution in [1.29, 1.82) is 0 Å². The van der Waals surface area contributed by atoms with Crippen molar-refractivity contribution in [3.8, 4) is 10.6 Å². The van der Waals surface area contributed by atoms with E-state index in [0.29, 0.717) is 12.1 Å². The van der Waals surface area contributed by atoms with Crippen LogP contribution in [0, 0.1) is 13.8 Å². The van der Waals surface area contributed by atoms with Crippen LogP contribution in [0.3, 0.4) is 0 Å². The zero-order chi connectivity index (χ0) is 21.5. The van der Waals surface area contributed by atoms with Gasteiger partial charge in [0.15, 0.2) is 0 Å². The van der Waals surface area contributed by atoms with E-state index >= 15 is 0 Å². The van der Waals surface area contributed by atoms with E-state index < -0.39 is 0 Å². The largest absolute Gasteiger partial charge is 0.321 e. The molecule has 2 aromatic carbocycles. The number of aromatic nitrogens is 3. The van der Waals surface area contributed by atoms with Gasteiger partial charge in [0.2, 0.25) is 0 Å². The summed E-state index contributed by atoms with van der Waals surface area (Å²) in [7, 11) is 0. The van der Waals surface area contributed by atoms with Crippen molar-refractivity contribution in [3.05, 3.63) is 83.3 Å². The van der Waals surface area contributed by atoms with Crippen molar-refractivity contribution in [2.24, 2.45) is 0 Å². The number of rotatable bonds is 4. The first kappa shape index (κ1) is 19.5. The number of nitrogens with zero attached hydrogens (tertiary/aromatic N) is 3. The molecular formula is C25H22N4OS. The van der Waals surface area contributed by atoms with Crippen molar-refractivity contribution >= 4 is 38.8 Å². The SMILES string of the molecule is CCc1nc2c(C)cccn2c1C(=O)Nc1ccc(-c2nc3ccc(C)cc3s2)cc1. The van der Waals surface area contributed by atoms with Gasteiger partial charge in [-0.25, -0.2) is 9.97 Å². The van der Waals surface area contributed by atoms with Gasteiger partial charge in [-0.1, -0.05) is 19.1 Å². The second-order valence-electron chi connectivity index (χ2n) is 7.67. The number of nitrogens with one attached hydrogen (secondary N) is 1. The fourth-order valence-corrected chi connectivity index (χ4v) is 4.85. The minimum absolute atomic E-state index is 0.154. The van der Waals surface area contributed by atoms with Crippen molar-refractivity contribution in [2.75, 3.05) is 5.32 Å². The molecule has 0 saturated heterocycles. The molecule has 5 rings (SSSR count). The van der Waals surface area contributed by atoms with Crippen LogP contribution in [0.5, 0.6) is 0 Å². The molecule has 154 valence electrons. The zero-order valence-corrected chi connectivity index (χ0v) is 18.5. The van der Waals surface area contributed by atoms with Crippen molar-refractivity contribution in [2.45, 2.75) is 27.2 Å². The number of hydrogen-bond donors (Lipinski definition) is 1. The van der Waals surface area contributed by atoms with Crippen LogP contribution in [-0.4, -0.2) is 20.3 Å². The highest BCUT2D eigenvalue weighted by molar-refractivity contribution is 7.21. The third-order valence-corrected chi connectivity index (χ3v) is 6.47. The Morgan fingerprint density at radius 3 is 2.65 bits per heavy atom. The fraction of sp³-hybridized carbons (Fsp3) is 0.160. The quantitative estimate of drug-likeness (QED) is 0.381. The smallest absolute Gasteiger partial charge is 0.274 e. The number of benzene rings is 2. The monoisotopic (exact) mass is 426 g/mol. The minimum Gasteiger partial charge on any atom is -0.321 e. The molecule has 0 aliphatic rings. The van der Waals surface area contributed by atoms with E-state index in [-0.39, 0.29) is 5.91 Å². The number of pyridine rings is 1. The summed E-state index contributed by atoms with van der Waals surface area (Å²) in [5.41, 5.74) is 7.29. The highest BCUT2D eigenvalue weighted by Gasteiger charge is 2.19. The zero-order valence-electron chi connectivity index (χ0n) is 17.6. The summed E-state index contributed by atoms with van der Waals surface area (Å²) in [6, 6.07) is 18.1. The van der Waals surface area contributed by atoms with Gasteiger partial charge in [0.1, 0.15) is 16.3 Å². The van der Waals surface area contributed by atoms with Crippen LogP contribution >= 0.6 is 11.3 Å². The Bertz CT molecular complexity index is 1430. The standard InChI is InChI=1S/C25H22N4OS/c1-4-19-22(29-13-5-6-16(3)23(29)27-19)24(30)26-18-10-8-17(9-11-18)25-28-20-12-7-15(2)14-21(20)31-25/h5-14H,4H2,1-3H3,(H,26,30). The molecule has 31 heavy (non-hydrogen) atoms. The predicted molar refractivity (Wildman–Crippen MR) is 127 cm³/mol. The normalized spacial score (nSPS) is 11.3. The van der Waals surface area contributed by atoms with Crippen LogP contribution < -0.4 is 5.32 Å². The first-order valence-corrected chi connectivity index (χ1v) is 11.1. The molecule has 0 fully saturated rings. The molecule has 0 aliphatic heterocycles. The Morgan fingerprint density at radius 1 is 1.06 bits per heavy atom. The van der Waals surface area contributed by atoms with Gasteiger partial charge < -0.3 is 5.32 Å². The van der Waals surface area contributed by atoms with Gasteiger partial charge in [-0.15, -0.1) is 11.3 Å². The number of aryl methyl sites for hydroxylation is 3. The van der Waals surface area contributed by atoms with Gasteiger partial charge in [0, 0.05) is 17.4 Å². The van der Waals surface area contributed by atoms with Crippen LogP contribution in [0.25, 0.3) is 26.4 Å². The molecule has 5 aromatic rings. The van der Waals surface area contributed by atoms with E-state index in [9.17, 15) is 4.79 Å². The lowest BCUT2D eigenvalue weighted by atomic mass is 10.2. The Balaban J connectivity index is 1.42. The average molecular weight is 427 g/mol. The second-order valence-corrected chi connectivity index (χ2v) is 8.70. The Labute approximate surface area is 184 Å². The van der Waals surface area contributed by atoms with Crippen LogP contribution in [0.1, 0.15) is 34.2 Å². The lowest BCUT2D eigenvalue weighted by Gasteiger charge is -2.07. The van der Waals surface area contributed by atoms with E-state index in [1.807, 2.05) is 60.8 Å². The van der Waals surface area contributed by atoms with Crippen molar-refractivity contribution < 1.29 is 4.79 Å². The number of thiazole rings is 1. The van der Waals surface area contributed by atoms with Gasteiger partial charge in [0.25, 0.3) is 5.91 Å². The maximum atomic E-state index is 13.1. The van der Waals surface area contributed by atoms with Crippen LogP contribution in [-0.2, 0) is 6.42 Å². The number of carbonyl (C=O) groups excluding carboxylic acids is 1. The van der Waals surface area contributed by atoms with Gasteiger partial charge in [-0.3, -0.25) is 9.20 Å². The molecule has 0 unspecified atom stereocenters. The molecule has 1 N–H and O–H groups in total. The van der Waals surface area contributed by atoms with Crippen molar-refractivity contribution in [3.63, 3.8) is 0 Å². The molecule has 3 aromatic heterocycles. The van der Waals surface area contributed by atoms with E-state index in [1.54, 1.807) is 11.3 Å². The molecule has 0 radical (unpaired) electrons. The summed E-state index contributed by atoms with van der Waals surface area (Å²) in [5.74, 6) is -0.154. The van der Waals surface area contributed by atoms with Crippen LogP contribution in [0.4, 0.5) is 5.69 Å². The number of amides is 1. The maximum absolute atomic E-state index is 13.1. The topological polar surface area (TPSA) is 59.3 Å². The summed E-state index contributed by atoms with van der Waals surface area (Å²) >= 11 is 1.68. The Kier molecular flexibility index (Phi) is 4.79. The predicted octanol–water partition coefficient (Wildman–Crippen LogP) is 6.04. The van der Waals surface area contributed by atoms with Crippen LogP contribution in [0.2, 0.25) is 0 Å².